The summed E-state index contributed by atoms with van der Waals surface area (Å²) in [4.78, 5) is 12.1. The van der Waals surface area contributed by atoms with Crippen LogP contribution in [0.4, 0.5) is 0 Å². The third-order valence-corrected chi connectivity index (χ3v) is 3.26. The molecule has 1 atom stereocenters. The second-order valence-electron chi connectivity index (χ2n) is 5.89. The monoisotopic (exact) mass is 278 g/mol. The van der Waals surface area contributed by atoms with Crippen molar-refractivity contribution in [1.82, 2.24) is 5.32 Å². The van der Waals surface area contributed by atoms with Crippen molar-refractivity contribution < 1.29 is 14.3 Å². The van der Waals surface area contributed by atoms with Gasteiger partial charge in [-0.05, 0) is 44.0 Å². The highest BCUT2D eigenvalue weighted by atomic mass is 16.5. The van der Waals surface area contributed by atoms with Gasteiger partial charge in [-0.3, -0.25) is 4.79 Å². The van der Waals surface area contributed by atoms with Gasteiger partial charge in [-0.15, -0.1) is 0 Å². The molecule has 3 N–H and O–H groups in total. The fraction of sp³-hybridized carbons (Fsp3) is 0.533. The van der Waals surface area contributed by atoms with Crippen molar-refractivity contribution in [2.75, 3.05) is 20.3 Å². The second kappa shape index (κ2) is 5.71. The zero-order valence-corrected chi connectivity index (χ0v) is 12.2. The molecule has 1 aromatic rings. The van der Waals surface area contributed by atoms with E-state index in [0.717, 1.165) is 17.1 Å². The molecule has 0 radical (unpaired) electrons. The van der Waals surface area contributed by atoms with Crippen LogP contribution in [0.5, 0.6) is 11.5 Å². The number of nitrogens with two attached hydrogens (primary N) is 1. The van der Waals surface area contributed by atoms with E-state index in [0.29, 0.717) is 19.6 Å². The van der Waals surface area contributed by atoms with Crippen LogP contribution in [-0.4, -0.2) is 31.7 Å². The number of fused-ring (bicyclic) bond motifs is 1. The lowest BCUT2D eigenvalue weighted by Crippen LogP contribution is -2.48. The zero-order chi connectivity index (χ0) is 14.8. The van der Waals surface area contributed by atoms with Crippen LogP contribution in [0, 0.1) is 5.92 Å². The molecule has 0 bridgehead atoms. The van der Waals surface area contributed by atoms with Crippen molar-refractivity contribution in [1.29, 1.82) is 0 Å². The van der Waals surface area contributed by atoms with Gasteiger partial charge < -0.3 is 20.5 Å². The van der Waals surface area contributed by atoms with Crippen LogP contribution in [0.1, 0.15) is 19.4 Å². The Morgan fingerprint density at radius 1 is 1.55 bits per heavy atom. The highest BCUT2D eigenvalue weighted by Crippen LogP contribution is 2.30. The molecule has 5 heteroatoms. The summed E-state index contributed by atoms with van der Waals surface area (Å²) in [7, 11) is 1.62. The second-order valence-corrected chi connectivity index (χ2v) is 5.89. The number of hydrogen-bond donors (Lipinski definition) is 2. The molecule has 0 aromatic heterocycles. The maximum Gasteiger partial charge on any atom is 0.226 e. The molecule has 5 nitrogen and oxygen atoms in total. The number of carbonyl (C=O) groups excluding carboxylic acids is 1. The van der Waals surface area contributed by atoms with Gasteiger partial charge in [0.05, 0.1) is 13.0 Å². The first-order chi connectivity index (χ1) is 9.39. The van der Waals surface area contributed by atoms with Crippen LogP contribution >= 0.6 is 0 Å². The molecule has 2 rings (SSSR count). The number of amides is 1. The van der Waals surface area contributed by atoms with E-state index in [1.165, 1.54) is 0 Å². The maximum atomic E-state index is 12.1. The van der Waals surface area contributed by atoms with Crippen LogP contribution in [0.2, 0.25) is 0 Å². The van der Waals surface area contributed by atoms with Gasteiger partial charge in [0.2, 0.25) is 5.91 Å². The largest absolute Gasteiger partial charge is 0.497 e. The van der Waals surface area contributed by atoms with E-state index in [4.69, 9.17) is 15.2 Å². The predicted molar refractivity (Wildman–Crippen MR) is 77.0 cm³/mol. The van der Waals surface area contributed by atoms with Crippen molar-refractivity contribution in [3.63, 3.8) is 0 Å². The van der Waals surface area contributed by atoms with Crippen LogP contribution < -0.4 is 20.5 Å². The van der Waals surface area contributed by atoms with E-state index < -0.39 is 5.54 Å². The Labute approximate surface area is 119 Å². The SMILES string of the molecule is COc1ccc2c(c1)CC(C(=O)NCC(C)(C)N)CO2. The fourth-order valence-electron chi connectivity index (χ4n) is 2.13. The molecule has 0 saturated carbocycles. The van der Waals surface area contributed by atoms with Crippen LogP contribution in [0.3, 0.4) is 0 Å². The van der Waals surface area contributed by atoms with Crippen LogP contribution in [0.25, 0.3) is 0 Å². The fourth-order valence-corrected chi connectivity index (χ4v) is 2.13. The molecule has 1 heterocycles. The van der Waals surface area contributed by atoms with Crippen LogP contribution in [-0.2, 0) is 11.2 Å². The smallest absolute Gasteiger partial charge is 0.226 e. The molecule has 1 aliphatic heterocycles. The lowest BCUT2D eigenvalue weighted by Gasteiger charge is -2.26. The van der Waals surface area contributed by atoms with E-state index in [9.17, 15) is 4.79 Å². The van der Waals surface area contributed by atoms with Gasteiger partial charge in [0.25, 0.3) is 0 Å². The molecule has 1 unspecified atom stereocenters. The van der Waals surface area contributed by atoms with Crippen LogP contribution in [0.15, 0.2) is 18.2 Å². The van der Waals surface area contributed by atoms with Gasteiger partial charge in [-0.1, -0.05) is 0 Å². The maximum absolute atomic E-state index is 12.1. The average molecular weight is 278 g/mol. The van der Waals surface area contributed by atoms with Crippen molar-refractivity contribution >= 4 is 5.91 Å². The zero-order valence-electron chi connectivity index (χ0n) is 12.2. The minimum absolute atomic E-state index is 0.0167. The summed E-state index contributed by atoms with van der Waals surface area (Å²) < 4.78 is 10.8. The number of hydrogen-bond acceptors (Lipinski definition) is 4. The first-order valence-corrected chi connectivity index (χ1v) is 6.75. The molecule has 110 valence electrons. The number of nitrogens with one attached hydrogen (secondary N) is 1. The third-order valence-electron chi connectivity index (χ3n) is 3.26. The summed E-state index contributed by atoms with van der Waals surface area (Å²) in [5, 5.41) is 2.88. The van der Waals surface area contributed by atoms with Crippen molar-refractivity contribution in [3.8, 4) is 11.5 Å². The molecular formula is C15H22N2O3. The highest BCUT2D eigenvalue weighted by molar-refractivity contribution is 5.79. The minimum Gasteiger partial charge on any atom is -0.497 e. The van der Waals surface area contributed by atoms with Crippen molar-refractivity contribution in [2.24, 2.45) is 11.7 Å². The normalized spacial score (nSPS) is 17.9. The minimum atomic E-state index is -0.410. The summed E-state index contributed by atoms with van der Waals surface area (Å²) in [5.41, 5.74) is 6.46. The van der Waals surface area contributed by atoms with Gasteiger partial charge in [0.1, 0.15) is 18.1 Å². The summed E-state index contributed by atoms with van der Waals surface area (Å²) in [5.74, 6) is 1.40. The Hall–Kier alpha value is -1.75. The number of carbonyl (C=O) groups is 1. The Balaban J connectivity index is 2.01. The summed E-state index contributed by atoms with van der Waals surface area (Å²) in [6.07, 6.45) is 0.656. The lowest BCUT2D eigenvalue weighted by atomic mass is 9.95. The average Bonchev–Trinajstić information content (AvgIpc) is 2.42. The van der Waals surface area contributed by atoms with Crippen molar-refractivity contribution in [2.45, 2.75) is 25.8 Å². The predicted octanol–water partition coefficient (Wildman–Crippen LogP) is 1.10. The van der Waals surface area contributed by atoms with Crippen molar-refractivity contribution in [3.05, 3.63) is 23.8 Å². The van der Waals surface area contributed by atoms with E-state index in [1.807, 2.05) is 32.0 Å². The first-order valence-electron chi connectivity index (χ1n) is 6.75. The van der Waals surface area contributed by atoms with Gasteiger partial charge in [0.15, 0.2) is 0 Å². The van der Waals surface area contributed by atoms with Gasteiger partial charge in [-0.25, -0.2) is 0 Å². The van der Waals surface area contributed by atoms with E-state index >= 15 is 0 Å². The molecule has 1 aromatic carbocycles. The Kier molecular flexibility index (Phi) is 4.18. The standard InChI is InChI=1S/C15H22N2O3/c1-15(2,16)9-17-14(18)11-6-10-7-12(19-3)4-5-13(10)20-8-11/h4-5,7,11H,6,8-9,16H2,1-3H3,(H,17,18). The third kappa shape index (κ3) is 3.63. The Morgan fingerprint density at radius 2 is 2.30 bits per heavy atom. The van der Waals surface area contributed by atoms with E-state index in [1.54, 1.807) is 7.11 Å². The molecular weight excluding hydrogens is 256 g/mol. The number of benzene rings is 1. The van der Waals surface area contributed by atoms with E-state index in [-0.39, 0.29) is 11.8 Å². The number of rotatable bonds is 4. The number of ether oxygens (including phenoxy) is 2. The Morgan fingerprint density at radius 3 is 2.95 bits per heavy atom. The summed E-state index contributed by atoms with van der Waals surface area (Å²) in [6.45, 7) is 4.61. The highest BCUT2D eigenvalue weighted by Gasteiger charge is 2.27. The molecule has 0 saturated heterocycles. The number of methoxy groups -OCH3 is 1. The van der Waals surface area contributed by atoms with Gasteiger partial charge in [-0.2, -0.15) is 0 Å². The molecule has 0 aliphatic carbocycles. The quantitative estimate of drug-likeness (QED) is 0.865. The van der Waals surface area contributed by atoms with E-state index in [2.05, 4.69) is 5.32 Å². The Bertz CT molecular complexity index is 494. The molecule has 0 fully saturated rings. The van der Waals surface area contributed by atoms with Gasteiger partial charge in [0, 0.05) is 12.1 Å². The topological polar surface area (TPSA) is 73.6 Å². The van der Waals surface area contributed by atoms with Gasteiger partial charge >= 0.3 is 0 Å². The first kappa shape index (κ1) is 14.7. The molecule has 1 aliphatic rings. The molecule has 1 amide bonds. The summed E-state index contributed by atoms with van der Waals surface area (Å²) in [6, 6.07) is 5.66. The summed E-state index contributed by atoms with van der Waals surface area (Å²) >= 11 is 0. The molecule has 20 heavy (non-hydrogen) atoms. The molecule has 0 spiro atoms. The lowest BCUT2D eigenvalue weighted by molar-refractivity contribution is -0.126.